The highest BCUT2D eigenvalue weighted by Crippen LogP contribution is 2.24. The Kier molecular flexibility index (Phi) is 4.79. The number of carboxylic acid groups (broad SMARTS) is 1. The van der Waals surface area contributed by atoms with E-state index in [4.69, 9.17) is 16.1 Å². The van der Waals surface area contributed by atoms with Gasteiger partial charge in [0, 0.05) is 0 Å². The van der Waals surface area contributed by atoms with E-state index in [1.165, 1.54) is 29.2 Å². The predicted octanol–water partition coefficient (Wildman–Crippen LogP) is -0.733. The lowest BCUT2D eigenvalue weighted by Crippen LogP contribution is -2.38. The van der Waals surface area contributed by atoms with Crippen molar-refractivity contribution in [2.45, 2.75) is 18.3 Å². The molecule has 0 aromatic carbocycles. The molecule has 5 N–H and O–H groups in total. The number of aliphatic hydroxyl groups is 2. The number of carbonyl (C=O) groups is 1. The second kappa shape index (κ2) is 6.77. The van der Waals surface area contributed by atoms with Crippen LogP contribution in [-0.4, -0.2) is 54.9 Å². The second-order valence-electron chi connectivity index (χ2n) is 4.46. The van der Waals surface area contributed by atoms with E-state index in [9.17, 15) is 15.0 Å². The van der Waals surface area contributed by atoms with Crippen LogP contribution in [0, 0.1) is 11.5 Å². The highest BCUT2D eigenvalue weighted by atomic mass is 16.7. The summed E-state index contributed by atoms with van der Waals surface area (Å²) in [6.07, 6.45) is -3.70. The van der Waals surface area contributed by atoms with E-state index >= 15 is 0 Å². The molecule has 122 valence electrons. The number of hydrogen-bond donors (Lipinski definition) is 4. The van der Waals surface area contributed by atoms with Gasteiger partial charge in [0.2, 0.25) is 0 Å². The van der Waals surface area contributed by atoms with Crippen LogP contribution in [0.5, 0.6) is 0 Å². The van der Waals surface area contributed by atoms with Crippen LogP contribution in [0.4, 0.5) is 10.6 Å². The first kappa shape index (κ1) is 16.3. The number of aliphatic hydroxyl groups excluding tert-OH is 2. The predicted molar refractivity (Wildman–Crippen MR) is 72.8 cm³/mol. The molecule has 0 unspecified atom stereocenters. The van der Waals surface area contributed by atoms with Crippen LogP contribution in [0.15, 0.2) is 18.5 Å². The number of ether oxygens (including phenoxy) is 2. The lowest BCUT2D eigenvalue weighted by Gasteiger charge is -2.23. The Morgan fingerprint density at radius 1 is 1.48 bits per heavy atom. The molecule has 0 spiro atoms. The van der Waals surface area contributed by atoms with Gasteiger partial charge in [0.05, 0.1) is 5.69 Å². The van der Waals surface area contributed by atoms with E-state index in [2.05, 4.69) is 19.6 Å². The van der Waals surface area contributed by atoms with E-state index in [1.54, 1.807) is 0 Å². The quantitative estimate of drug-likeness (QED) is 0.391. The number of hydrogen-bond acceptors (Lipinski definition) is 9. The minimum atomic E-state index is -1.65. The smallest absolute Gasteiger partial charge is 0.450 e. The molecule has 0 amide bonds. The Balaban J connectivity index is 2.25. The first-order valence-electron chi connectivity index (χ1n) is 6.30. The number of nitriles is 1. The fraction of sp³-hybridized carbons (Fsp3) is 0.333. The van der Waals surface area contributed by atoms with Crippen molar-refractivity contribution in [3.63, 3.8) is 0 Å². The van der Waals surface area contributed by atoms with Gasteiger partial charge < -0.3 is 30.5 Å². The number of anilines is 1. The highest BCUT2D eigenvalue weighted by Gasteiger charge is 2.32. The molecule has 2 rings (SSSR count). The van der Waals surface area contributed by atoms with Gasteiger partial charge in [0.25, 0.3) is 6.26 Å². The molecule has 23 heavy (non-hydrogen) atoms. The lowest BCUT2D eigenvalue weighted by molar-refractivity contribution is -0.0845. The number of nitrogen functional groups attached to an aromatic ring is 1. The van der Waals surface area contributed by atoms with Crippen molar-refractivity contribution in [1.29, 1.82) is 5.26 Å². The monoisotopic (exact) mass is 323 g/mol. The Morgan fingerprint density at radius 3 is 2.87 bits per heavy atom. The summed E-state index contributed by atoms with van der Waals surface area (Å²) in [5.74, 6) is 0.173. The average molecular weight is 323 g/mol. The highest BCUT2D eigenvalue weighted by molar-refractivity contribution is 5.65. The molecule has 11 nitrogen and oxygen atoms in total. The molecule has 0 fully saturated rings. The zero-order valence-electron chi connectivity index (χ0n) is 11.6. The third-order valence-corrected chi connectivity index (χ3v) is 3.09. The molecular weight excluding hydrogens is 310 g/mol. The van der Waals surface area contributed by atoms with Crippen LogP contribution >= 0.6 is 0 Å². The standard InChI is InChI=1S/C12H13N5O6/c13-4-23-8(3-22-12(20)21)10(19)9(18)6-1-2-7-11(14)15-5-16-17(6)7/h1-2,5,8-10,18-19H,3H2,(H,20,21)(H2,14,15,16)/t8-,9+,10-/m1/s1. The fourth-order valence-corrected chi connectivity index (χ4v) is 2.00. The number of nitrogens with zero attached hydrogens (tertiary/aromatic N) is 4. The molecule has 0 aliphatic heterocycles. The summed E-state index contributed by atoms with van der Waals surface area (Å²) >= 11 is 0. The van der Waals surface area contributed by atoms with Gasteiger partial charge >= 0.3 is 6.16 Å². The Labute approximate surface area is 129 Å². The van der Waals surface area contributed by atoms with Crippen LogP contribution in [0.1, 0.15) is 11.8 Å². The van der Waals surface area contributed by atoms with Gasteiger partial charge in [-0.2, -0.15) is 10.4 Å². The third-order valence-electron chi connectivity index (χ3n) is 3.09. The van der Waals surface area contributed by atoms with Gasteiger partial charge in [-0.1, -0.05) is 0 Å². The zero-order valence-corrected chi connectivity index (χ0v) is 11.6. The topological polar surface area (TPSA) is 176 Å². The summed E-state index contributed by atoms with van der Waals surface area (Å²) in [5.41, 5.74) is 6.23. The Morgan fingerprint density at radius 2 is 2.22 bits per heavy atom. The maximum absolute atomic E-state index is 10.4. The van der Waals surface area contributed by atoms with Crippen molar-refractivity contribution in [2.24, 2.45) is 0 Å². The number of fused-ring (bicyclic) bond motifs is 1. The summed E-state index contributed by atoms with van der Waals surface area (Å²) in [5, 5.41) is 41.3. The number of nitrogens with two attached hydrogens (primary N) is 1. The van der Waals surface area contributed by atoms with Gasteiger partial charge in [-0.25, -0.2) is 14.3 Å². The average Bonchev–Trinajstić information content (AvgIpc) is 2.95. The van der Waals surface area contributed by atoms with Crippen molar-refractivity contribution in [1.82, 2.24) is 14.6 Å². The minimum absolute atomic E-state index is 0.156. The Bertz CT molecular complexity index is 741. The molecule has 2 aromatic heterocycles. The molecule has 0 saturated heterocycles. The molecule has 0 saturated carbocycles. The second-order valence-corrected chi connectivity index (χ2v) is 4.46. The largest absolute Gasteiger partial charge is 0.505 e. The summed E-state index contributed by atoms with van der Waals surface area (Å²) < 4.78 is 10.1. The lowest BCUT2D eigenvalue weighted by atomic mass is 10.1. The van der Waals surface area contributed by atoms with Crippen molar-refractivity contribution < 1.29 is 29.6 Å². The van der Waals surface area contributed by atoms with Gasteiger partial charge in [-0.3, -0.25) is 0 Å². The van der Waals surface area contributed by atoms with E-state index in [0.717, 1.165) is 0 Å². The maximum atomic E-state index is 10.4. The van der Waals surface area contributed by atoms with Gasteiger partial charge in [0.1, 0.15) is 30.7 Å². The van der Waals surface area contributed by atoms with Crippen LogP contribution in [0.25, 0.3) is 5.52 Å². The van der Waals surface area contributed by atoms with E-state index < -0.39 is 31.1 Å². The first-order chi connectivity index (χ1) is 11.0. The summed E-state index contributed by atoms with van der Waals surface area (Å²) in [6, 6.07) is 2.99. The van der Waals surface area contributed by atoms with Crippen LogP contribution in [-0.2, 0) is 9.47 Å². The molecule has 3 atom stereocenters. The van der Waals surface area contributed by atoms with Crippen LogP contribution < -0.4 is 5.73 Å². The molecule has 0 aliphatic carbocycles. The molecular formula is C12H13N5O6. The molecule has 0 radical (unpaired) electrons. The summed E-state index contributed by atoms with van der Waals surface area (Å²) in [4.78, 5) is 14.2. The fourth-order valence-electron chi connectivity index (χ4n) is 2.00. The minimum Gasteiger partial charge on any atom is -0.450 e. The Hall–Kier alpha value is -3.10. The van der Waals surface area contributed by atoms with Crippen molar-refractivity contribution in [3.8, 4) is 6.26 Å². The van der Waals surface area contributed by atoms with Crippen molar-refractivity contribution >= 4 is 17.5 Å². The van der Waals surface area contributed by atoms with Crippen molar-refractivity contribution in [3.05, 3.63) is 24.2 Å². The molecule has 0 aliphatic rings. The SMILES string of the molecule is N#CO[C@H](COC(=O)O)[C@@H](O)[C@@H](O)c1ccc2c(N)ncnn12. The van der Waals surface area contributed by atoms with Gasteiger partial charge in [-0.05, 0) is 12.1 Å². The summed E-state index contributed by atoms with van der Waals surface area (Å²) in [7, 11) is 0. The van der Waals surface area contributed by atoms with Crippen LogP contribution in [0.2, 0.25) is 0 Å². The number of rotatable bonds is 6. The molecule has 0 bridgehead atoms. The molecule has 2 heterocycles. The normalized spacial score (nSPS) is 14.7. The van der Waals surface area contributed by atoms with E-state index in [0.29, 0.717) is 5.52 Å². The number of aromatic nitrogens is 3. The zero-order chi connectivity index (χ0) is 17.0. The third kappa shape index (κ3) is 3.39. The molecule has 2 aromatic rings. The maximum Gasteiger partial charge on any atom is 0.505 e. The van der Waals surface area contributed by atoms with Crippen molar-refractivity contribution in [2.75, 3.05) is 12.3 Å². The van der Waals surface area contributed by atoms with E-state index in [1.807, 2.05) is 0 Å². The summed E-state index contributed by atoms with van der Waals surface area (Å²) in [6.45, 7) is -0.637. The van der Waals surface area contributed by atoms with Gasteiger partial charge in [0.15, 0.2) is 11.9 Å². The molecule has 11 heteroatoms. The first-order valence-corrected chi connectivity index (χ1v) is 6.30. The van der Waals surface area contributed by atoms with Gasteiger partial charge in [-0.15, -0.1) is 0 Å². The van der Waals surface area contributed by atoms with Crippen LogP contribution in [0.3, 0.4) is 0 Å². The van der Waals surface area contributed by atoms with E-state index in [-0.39, 0.29) is 11.5 Å².